The van der Waals surface area contributed by atoms with Gasteiger partial charge in [-0.1, -0.05) is 18.2 Å². The predicted molar refractivity (Wildman–Crippen MR) is 113 cm³/mol. The maximum absolute atomic E-state index is 12.8. The lowest BCUT2D eigenvalue weighted by Crippen LogP contribution is -2.52. The number of benzene rings is 1. The van der Waals surface area contributed by atoms with Crippen LogP contribution in [0.3, 0.4) is 0 Å². The average molecular weight is 488 g/mol. The van der Waals surface area contributed by atoms with Gasteiger partial charge in [-0.15, -0.1) is 0 Å². The molecule has 1 unspecified atom stereocenters. The Morgan fingerprint density at radius 1 is 1.00 bits per heavy atom. The molecule has 0 aromatic heterocycles. The lowest BCUT2D eigenvalue weighted by molar-refractivity contribution is -0.226. The molecule has 33 heavy (non-hydrogen) atoms. The number of carbonyl (C=O) groups excluding carboxylic acids is 3. The van der Waals surface area contributed by atoms with E-state index in [2.05, 4.69) is 0 Å². The fourth-order valence-electron chi connectivity index (χ4n) is 3.12. The van der Waals surface area contributed by atoms with E-state index >= 15 is 0 Å². The Morgan fingerprint density at radius 3 is 2.09 bits per heavy atom. The first kappa shape index (κ1) is 26.9. The minimum absolute atomic E-state index is 0.0992. The third kappa shape index (κ3) is 7.09. The van der Waals surface area contributed by atoms with E-state index < -0.39 is 56.1 Å². The van der Waals surface area contributed by atoms with E-state index in [0.29, 0.717) is 0 Å². The molecule has 0 radical (unpaired) electrons. The molecule has 1 aromatic rings. The molecule has 1 fully saturated rings. The largest absolute Gasteiger partial charge is 0.453 e. The highest BCUT2D eigenvalue weighted by atomic mass is 31.2. The number of carbonyl (C=O) groups is 3. The Morgan fingerprint density at radius 2 is 1.58 bits per heavy atom. The van der Waals surface area contributed by atoms with E-state index in [9.17, 15) is 18.9 Å². The summed E-state index contributed by atoms with van der Waals surface area (Å²) in [5.41, 5.74) is -1.58. The van der Waals surface area contributed by atoms with Gasteiger partial charge in [-0.2, -0.15) is 0 Å². The zero-order chi connectivity index (χ0) is 24.6. The molecule has 184 valence electrons. The third-order valence-electron chi connectivity index (χ3n) is 4.47. The summed E-state index contributed by atoms with van der Waals surface area (Å²) in [6.45, 7) is 7.12. The molecule has 1 aromatic carbocycles. The van der Waals surface area contributed by atoms with E-state index in [1.165, 1.54) is 19.1 Å². The van der Waals surface area contributed by atoms with Gasteiger partial charge in [0.05, 0.1) is 18.8 Å². The van der Waals surface area contributed by atoms with Crippen LogP contribution in [-0.4, -0.2) is 61.8 Å². The van der Waals surface area contributed by atoms with Crippen LogP contribution in [0.15, 0.2) is 30.3 Å². The first-order valence-electron chi connectivity index (χ1n) is 10.3. The van der Waals surface area contributed by atoms with Gasteiger partial charge in [0, 0.05) is 13.8 Å². The second kappa shape index (κ2) is 11.7. The topological polar surface area (TPSA) is 133 Å². The summed E-state index contributed by atoms with van der Waals surface area (Å²) in [6, 6.07) is 8.05. The summed E-state index contributed by atoms with van der Waals surface area (Å²) in [6.07, 6.45) is -4.83. The molecular formula is C21H29O11P. The van der Waals surface area contributed by atoms with Gasteiger partial charge < -0.3 is 32.7 Å². The minimum Gasteiger partial charge on any atom is -0.453 e. The molecule has 12 heteroatoms. The van der Waals surface area contributed by atoms with Crippen molar-refractivity contribution in [2.24, 2.45) is 0 Å². The van der Waals surface area contributed by atoms with Crippen LogP contribution in [0.25, 0.3) is 0 Å². The molecule has 1 saturated heterocycles. The molecule has 0 amide bonds. The van der Waals surface area contributed by atoms with Crippen LogP contribution < -0.4 is 0 Å². The summed E-state index contributed by atoms with van der Waals surface area (Å²) in [5, 5.41) is 0. The average Bonchev–Trinajstić information content (AvgIpc) is 2.98. The van der Waals surface area contributed by atoms with Crippen molar-refractivity contribution >= 4 is 25.5 Å². The Kier molecular flexibility index (Phi) is 9.57. The fourth-order valence-corrected chi connectivity index (χ4v) is 4.46. The van der Waals surface area contributed by atoms with Crippen LogP contribution in [0.4, 0.5) is 0 Å². The van der Waals surface area contributed by atoms with Crippen molar-refractivity contribution < 1.29 is 51.7 Å². The van der Waals surface area contributed by atoms with Crippen molar-refractivity contribution in [1.82, 2.24) is 0 Å². The molecule has 4 atom stereocenters. The van der Waals surface area contributed by atoms with Crippen LogP contribution >= 0.6 is 7.60 Å². The summed E-state index contributed by atoms with van der Waals surface area (Å²) in [4.78, 5) is 36.3. The van der Waals surface area contributed by atoms with Crippen LogP contribution in [0.5, 0.6) is 0 Å². The van der Waals surface area contributed by atoms with Gasteiger partial charge in [-0.3, -0.25) is 14.2 Å². The predicted octanol–water partition coefficient (Wildman–Crippen LogP) is 3.02. The van der Waals surface area contributed by atoms with Gasteiger partial charge in [-0.05, 0) is 32.9 Å². The fraction of sp³-hybridized carbons (Fsp3) is 0.571. The molecule has 2 rings (SSSR count). The van der Waals surface area contributed by atoms with Gasteiger partial charge >= 0.3 is 25.5 Å². The van der Waals surface area contributed by atoms with E-state index in [1.54, 1.807) is 32.0 Å². The van der Waals surface area contributed by atoms with Crippen molar-refractivity contribution in [3.8, 4) is 0 Å². The molecule has 0 saturated carbocycles. The zero-order valence-electron chi connectivity index (χ0n) is 19.2. The number of ether oxygens (including phenoxy) is 5. The summed E-state index contributed by atoms with van der Waals surface area (Å²) in [7, 11) is -3.66. The second-order valence-corrected chi connectivity index (χ2v) is 9.15. The van der Waals surface area contributed by atoms with Crippen molar-refractivity contribution in [1.29, 1.82) is 0 Å². The van der Waals surface area contributed by atoms with Crippen molar-refractivity contribution in [3.63, 3.8) is 0 Å². The normalized spacial score (nSPS) is 24.8. The lowest BCUT2D eigenvalue weighted by Gasteiger charge is -2.33. The van der Waals surface area contributed by atoms with Crippen LogP contribution in [0, 0.1) is 0 Å². The molecule has 11 nitrogen and oxygen atoms in total. The lowest BCUT2D eigenvalue weighted by atomic mass is 9.99. The molecular weight excluding hydrogens is 459 g/mol. The van der Waals surface area contributed by atoms with Crippen LogP contribution in [0.2, 0.25) is 0 Å². The highest BCUT2D eigenvalue weighted by molar-refractivity contribution is 7.53. The van der Waals surface area contributed by atoms with Crippen LogP contribution in [0.1, 0.15) is 45.0 Å². The zero-order valence-corrected chi connectivity index (χ0v) is 20.1. The van der Waals surface area contributed by atoms with E-state index in [0.717, 1.165) is 13.8 Å². The molecule has 0 spiro atoms. The quantitative estimate of drug-likeness (QED) is 0.258. The van der Waals surface area contributed by atoms with E-state index in [1.807, 2.05) is 0 Å². The molecule has 1 aliphatic heterocycles. The second-order valence-electron chi connectivity index (χ2n) is 7.16. The summed E-state index contributed by atoms with van der Waals surface area (Å²) in [5.74, 6) is -2.25. The molecule has 1 aliphatic rings. The van der Waals surface area contributed by atoms with Crippen molar-refractivity contribution in [3.05, 3.63) is 35.9 Å². The monoisotopic (exact) mass is 488 g/mol. The highest BCUT2D eigenvalue weighted by Crippen LogP contribution is 2.49. The SMILES string of the molecule is CCOP(=O)(CO[C@H]1O[C@@H](OC(C)=O)[C@](C)(OC(=O)c2ccccc2)C1OC(C)=O)OCC. The Balaban J connectivity index is 2.35. The first-order chi connectivity index (χ1) is 15.5. The standard InChI is InChI=1S/C21H29O11P/c1-6-27-33(25,28-7-2)13-26-19-17(29-14(3)22)21(5,20(31-19)30-15(4)23)32-18(24)16-11-9-8-10-12-16/h8-12,17,19-20H,6-7,13H2,1-5H3/t17?,19-,20+,21+/m0/s1. The van der Waals surface area contributed by atoms with Gasteiger partial charge in [0.25, 0.3) is 0 Å². The van der Waals surface area contributed by atoms with Crippen molar-refractivity contribution in [2.45, 2.75) is 58.9 Å². The molecule has 0 N–H and O–H groups in total. The maximum atomic E-state index is 12.8. The minimum atomic E-state index is -3.66. The van der Waals surface area contributed by atoms with Gasteiger partial charge in [0.1, 0.15) is 0 Å². The highest BCUT2D eigenvalue weighted by Gasteiger charge is 2.62. The molecule has 1 heterocycles. The van der Waals surface area contributed by atoms with Gasteiger partial charge in [0.15, 0.2) is 12.5 Å². The number of esters is 3. The Bertz CT molecular complexity index is 864. The molecule has 0 bridgehead atoms. The summed E-state index contributed by atoms with van der Waals surface area (Å²) < 4.78 is 50.5. The molecule has 0 aliphatic carbocycles. The Labute approximate surface area is 192 Å². The number of rotatable bonds is 11. The third-order valence-corrected chi connectivity index (χ3v) is 6.24. The number of hydrogen-bond acceptors (Lipinski definition) is 11. The first-order valence-corrected chi connectivity index (χ1v) is 12.1. The smallest absolute Gasteiger partial charge is 0.356 e. The van der Waals surface area contributed by atoms with Gasteiger partial charge in [0.2, 0.25) is 18.2 Å². The van der Waals surface area contributed by atoms with Gasteiger partial charge in [-0.25, -0.2) is 4.79 Å². The maximum Gasteiger partial charge on any atom is 0.356 e. The van der Waals surface area contributed by atoms with E-state index in [-0.39, 0.29) is 18.8 Å². The van der Waals surface area contributed by atoms with Crippen LogP contribution in [-0.2, 0) is 46.9 Å². The van der Waals surface area contributed by atoms with Crippen molar-refractivity contribution in [2.75, 3.05) is 19.6 Å². The number of hydrogen-bond donors (Lipinski definition) is 0. The summed E-state index contributed by atoms with van der Waals surface area (Å²) >= 11 is 0. The van der Waals surface area contributed by atoms with E-state index in [4.69, 9.17) is 32.7 Å². The Hall–Kier alpha value is -2.30.